The van der Waals surface area contributed by atoms with Gasteiger partial charge >= 0.3 is 11.9 Å². The Bertz CT molecular complexity index is 776. The molecule has 1 aromatic rings. The Morgan fingerprint density at radius 2 is 1.83 bits per heavy atom. The van der Waals surface area contributed by atoms with Gasteiger partial charge in [-0.05, 0) is 18.6 Å². The van der Waals surface area contributed by atoms with Crippen LogP contribution in [0, 0.1) is 11.8 Å². The Morgan fingerprint density at radius 3 is 2.50 bits per heavy atom. The zero-order valence-corrected chi connectivity index (χ0v) is 13.3. The largest absolute Gasteiger partial charge is 0.458 e. The molecule has 0 fully saturated rings. The van der Waals surface area contributed by atoms with Crippen LogP contribution in [0.15, 0.2) is 30.4 Å². The number of esters is 2. The molecule has 2 aliphatic carbocycles. The van der Waals surface area contributed by atoms with E-state index in [1.165, 1.54) is 26.0 Å². The molecule has 6 heteroatoms. The molecule has 0 heterocycles. The summed E-state index contributed by atoms with van der Waals surface area (Å²) >= 11 is 0. The van der Waals surface area contributed by atoms with Gasteiger partial charge in [0.2, 0.25) is 0 Å². The number of hydrogen-bond acceptors (Lipinski definition) is 6. The molecule has 124 valence electrons. The maximum atomic E-state index is 12.9. The third-order valence-electron chi connectivity index (χ3n) is 4.24. The van der Waals surface area contributed by atoms with Crippen molar-refractivity contribution >= 4 is 23.5 Å². The van der Waals surface area contributed by atoms with Crippen molar-refractivity contribution in [2.24, 2.45) is 11.8 Å². The number of fused-ring (bicyclic) bond motifs is 2. The quantitative estimate of drug-likeness (QED) is 0.469. The van der Waals surface area contributed by atoms with Gasteiger partial charge in [-0.1, -0.05) is 18.2 Å². The van der Waals surface area contributed by atoms with Gasteiger partial charge in [-0.25, -0.2) is 0 Å². The average molecular weight is 328 g/mol. The minimum absolute atomic E-state index is 0.0930. The highest BCUT2D eigenvalue weighted by Gasteiger charge is 2.48. The summed E-state index contributed by atoms with van der Waals surface area (Å²) in [6.07, 6.45) is 3.00. The summed E-state index contributed by atoms with van der Waals surface area (Å²) in [5.74, 6) is -2.90. The van der Waals surface area contributed by atoms with Crippen molar-refractivity contribution in [3.05, 3.63) is 41.5 Å². The smallest absolute Gasteiger partial charge is 0.308 e. The van der Waals surface area contributed by atoms with Gasteiger partial charge in [-0.2, -0.15) is 0 Å². The van der Waals surface area contributed by atoms with Crippen LogP contribution in [0.1, 0.15) is 41.0 Å². The first-order chi connectivity index (χ1) is 11.4. The van der Waals surface area contributed by atoms with Crippen LogP contribution in [0.2, 0.25) is 0 Å². The predicted octanol–water partition coefficient (Wildman–Crippen LogP) is 2.11. The second kappa shape index (κ2) is 6.03. The molecule has 0 amide bonds. The van der Waals surface area contributed by atoms with Crippen molar-refractivity contribution in [2.75, 3.05) is 0 Å². The van der Waals surface area contributed by atoms with Crippen molar-refractivity contribution in [3.8, 4) is 5.75 Å². The molecule has 0 aromatic heterocycles. The number of hydrogen-bond donors (Lipinski definition) is 0. The van der Waals surface area contributed by atoms with Gasteiger partial charge < -0.3 is 9.47 Å². The van der Waals surface area contributed by atoms with Crippen molar-refractivity contribution in [2.45, 2.75) is 26.4 Å². The molecule has 2 aliphatic rings. The second-order valence-corrected chi connectivity index (χ2v) is 5.87. The van der Waals surface area contributed by atoms with Crippen LogP contribution in [0.25, 0.3) is 0 Å². The summed E-state index contributed by atoms with van der Waals surface area (Å²) < 4.78 is 10.3. The molecule has 24 heavy (non-hydrogen) atoms. The standard InChI is InChI=1S/C18H16O6/c1-9(19)23-13-7-3-5-11-15(13)17(21)12-6-4-8-14(24-10(2)20)16(12)18(11)22/h3-5,7-8,12,14,16H,6H2,1-2H3/t12-,14-,16+/m0/s1. The van der Waals surface area contributed by atoms with Gasteiger partial charge in [0, 0.05) is 25.3 Å². The number of allylic oxidation sites excluding steroid dienone is 1. The van der Waals surface area contributed by atoms with Crippen LogP contribution in [0.3, 0.4) is 0 Å². The summed E-state index contributed by atoms with van der Waals surface area (Å²) in [4.78, 5) is 48.4. The lowest BCUT2D eigenvalue weighted by molar-refractivity contribution is -0.146. The van der Waals surface area contributed by atoms with Gasteiger partial charge in [0.25, 0.3) is 0 Å². The van der Waals surface area contributed by atoms with Crippen LogP contribution in [0.4, 0.5) is 0 Å². The Kier molecular flexibility index (Phi) is 4.05. The van der Waals surface area contributed by atoms with Crippen LogP contribution in [-0.4, -0.2) is 29.6 Å². The normalized spacial score (nSPS) is 24.8. The highest BCUT2D eigenvalue weighted by Crippen LogP contribution is 2.41. The lowest BCUT2D eigenvalue weighted by Crippen LogP contribution is -2.45. The first-order valence-electron chi connectivity index (χ1n) is 7.64. The van der Waals surface area contributed by atoms with E-state index in [-0.39, 0.29) is 28.4 Å². The molecule has 3 rings (SSSR count). The molecule has 0 unspecified atom stereocenters. The fourth-order valence-corrected chi connectivity index (χ4v) is 3.36. The topological polar surface area (TPSA) is 86.7 Å². The number of benzene rings is 1. The minimum atomic E-state index is -0.761. The maximum absolute atomic E-state index is 12.9. The van der Waals surface area contributed by atoms with Crippen LogP contribution in [0.5, 0.6) is 5.75 Å². The van der Waals surface area contributed by atoms with Gasteiger partial charge in [0.05, 0.1) is 11.5 Å². The number of carbonyl (C=O) groups is 4. The summed E-state index contributed by atoms with van der Waals surface area (Å²) in [6.45, 7) is 2.50. The number of Topliss-reactive ketones (excluding diaryl/α,β-unsaturated/α-hetero) is 2. The summed E-state index contributed by atoms with van der Waals surface area (Å²) in [5.41, 5.74) is 0.336. The van der Waals surface area contributed by atoms with Gasteiger partial charge in [0.1, 0.15) is 11.9 Å². The number of carbonyl (C=O) groups excluding carboxylic acids is 4. The highest BCUT2D eigenvalue weighted by molar-refractivity contribution is 6.18. The second-order valence-electron chi connectivity index (χ2n) is 5.87. The van der Waals surface area contributed by atoms with Crippen molar-refractivity contribution in [1.29, 1.82) is 0 Å². The van der Waals surface area contributed by atoms with E-state index in [4.69, 9.17) is 9.47 Å². The highest BCUT2D eigenvalue weighted by atomic mass is 16.5. The lowest BCUT2D eigenvalue weighted by Gasteiger charge is -2.36. The Balaban J connectivity index is 2.08. The number of ketones is 2. The van der Waals surface area contributed by atoms with Crippen LogP contribution >= 0.6 is 0 Å². The molecule has 0 saturated heterocycles. The summed E-state index contributed by atoms with van der Waals surface area (Å²) in [7, 11) is 0. The van der Waals surface area contributed by atoms with Crippen LogP contribution < -0.4 is 4.74 Å². The monoisotopic (exact) mass is 328 g/mol. The fraction of sp³-hybridized carbons (Fsp3) is 0.333. The van der Waals surface area contributed by atoms with Gasteiger partial charge in [-0.15, -0.1) is 0 Å². The zero-order chi connectivity index (χ0) is 17.4. The van der Waals surface area contributed by atoms with Crippen molar-refractivity contribution < 1.29 is 28.7 Å². The molecule has 3 atom stereocenters. The fourth-order valence-electron chi connectivity index (χ4n) is 3.36. The SMILES string of the molecule is CC(=O)Oc1cccc2c1C(=O)[C@H]1CC=C[C@H](OC(C)=O)[C@@H]1C2=O. The van der Waals surface area contributed by atoms with Crippen LogP contribution in [-0.2, 0) is 14.3 Å². The van der Waals surface area contributed by atoms with E-state index in [0.717, 1.165) is 0 Å². The molecule has 0 spiro atoms. The Labute approximate surface area is 138 Å². The Morgan fingerprint density at radius 1 is 1.08 bits per heavy atom. The number of ether oxygens (including phenoxy) is 2. The van der Waals surface area contributed by atoms with Crippen molar-refractivity contribution in [1.82, 2.24) is 0 Å². The minimum Gasteiger partial charge on any atom is -0.458 e. The lowest BCUT2D eigenvalue weighted by atomic mass is 9.68. The molecule has 0 aliphatic heterocycles. The molecule has 6 nitrogen and oxygen atoms in total. The van der Waals surface area contributed by atoms with E-state index < -0.39 is 29.9 Å². The van der Waals surface area contributed by atoms with Crippen molar-refractivity contribution in [3.63, 3.8) is 0 Å². The van der Waals surface area contributed by atoms with E-state index in [0.29, 0.717) is 6.42 Å². The first-order valence-corrected chi connectivity index (χ1v) is 7.64. The molecular weight excluding hydrogens is 312 g/mol. The van der Waals surface area contributed by atoms with E-state index in [9.17, 15) is 19.2 Å². The van der Waals surface area contributed by atoms with Gasteiger partial charge in [0.15, 0.2) is 11.6 Å². The molecule has 0 saturated carbocycles. The average Bonchev–Trinajstić information content (AvgIpc) is 2.51. The summed E-state index contributed by atoms with van der Waals surface area (Å²) in [6, 6.07) is 4.58. The number of rotatable bonds is 2. The molecule has 1 aromatic carbocycles. The summed E-state index contributed by atoms with van der Waals surface area (Å²) in [5, 5.41) is 0. The molecule has 0 bridgehead atoms. The third kappa shape index (κ3) is 2.64. The molecule has 0 radical (unpaired) electrons. The van der Waals surface area contributed by atoms with Gasteiger partial charge in [-0.3, -0.25) is 19.2 Å². The molecule has 0 N–H and O–H groups in total. The Hall–Kier alpha value is -2.76. The van der Waals surface area contributed by atoms with E-state index in [2.05, 4.69) is 0 Å². The predicted molar refractivity (Wildman–Crippen MR) is 82.7 cm³/mol. The molecular formula is C18H16O6. The van der Waals surface area contributed by atoms with E-state index >= 15 is 0 Å². The zero-order valence-electron chi connectivity index (χ0n) is 13.3. The van der Waals surface area contributed by atoms with E-state index in [1.54, 1.807) is 18.2 Å². The van der Waals surface area contributed by atoms with E-state index in [1.807, 2.05) is 0 Å². The first kappa shape index (κ1) is 16.1. The maximum Gasteiger partial charge on any atom is 0.308 e. The third-order valence-corrected chi connectivity index (χ3v) is 4.24.